The number of hydrogen-bond donors (Lipinski definition) is 2. The highest BCUT2D eigenvalue weighted by molar-refractivity contribution is 7.98. The number of hydrogen-bond acceptors (Lipinski definition) is 4. The first kappa shape index (κ1) is 18.4. The summed E-state index contributed by atoms with van der Waals surface area (Å²) in [6.07, 6.45) is 4.35. The molecule has 6 nitrogen and oxygen atoms in total. The number of nitrogens with one attached hydrogen (secondary N) is 2. The minimum atomic E-state index is -0.381. The second-order valence-corrected chi connectivity index (χ2v) is 8.19. The molecule has 0 saturated carbocycles. The van der Waals surface area contributed by atoms with Crippen molar-refractivity contribution < 1.29 is 9.59 Å². The molecular formula is C20H26N4O2S. The number of amides is 3. The molecule has 2 unspecified atom stereocenters. The van der Waals surface area contributed by atoms with Crippen LogP contribution in [0.1, 0.15) is 31.4 Å². The molecular weight excluding hydrogens is 360 g/mol. The van der Waals surface area contributed by atoms with Gasteiger partial charge < -0.3 is 15.5 Å². The molecule has 1 aromatic carbocycles. The van der Waals surface area contributed by atoms with Crippen molar-refractivity contribution in [3.63, 3.8) is 0 Å². The number of likely N-dealkylation sites (tertiary alicyclic amines) is 1. The smallest absolute Gasteiger partial charge is 0.319 e. The van der Waals surface area contributed by atoms with Crippen LogP contribution in [0.5, 0.6) is 0 Å². The van der Waals surface area contributed by atoms with E-state index >= 15 is 0 Å². The number of rotatable bonds is 5. The monoisotopic (exact) mass is 386 g/mol. The SMILES string of the molecule is CCN1CCCC1CN1CC2=C(C1=O)C(c1ccc(SC)cc1)NC(=O)N2. The molecule has 0 bridgehead atoms. The predicted octanol–water partition coefficient (Wildman–Crippen LogP) is 2.34. The summed E-state index contributed by atoms with van der Waals surface area (Å²) in [7, 11) is 0. The number of benzene rings is 1. The van der Waals surface area contributed by atoms with Crippen LogP contribution in [-0.4, -0.2) is 60.2 Å². The Morgan fingerprint density at radius 1 is 1.22 bits per heavy atom. The van der Waals surface area contributed by atoms with Gasteiger partial charge in [0.05, 0.1) is 23.9 Å². The Kier molecular flexibility index (Phi) is 5.14. The highest BCUT2D eigenvalue weighted by atomic mass is 32.2. The summed E-state index contributed by atoms with van der Waals surface area (Å²) in [5, 5.41) is 5.79. The number of thioether (sulfide) groups is 1. The Bertz CT molecular complexity index is 777. The molecule has 1 saturated heterocycles. The van der Waals surface area contributed by atoms with Gasteiger partial charge in [0.25, 0.3) is 5.91 Å². The maximum Gasteiger partial charge on any atom is 0.319 e. The van der Waals surface area contributed by atoms with Crippen LogP contribution in [0.3, 0.4) is 0 Å². The molecule has 4 rings (SSSR count). The molecule has 3 heterocycles. The van der Waals surface area contributed by atoms with Gasteiger partial charge in [0, 0.05) is 17.5 Å². The second-order valence-electron chi connectivity index (χ2n) is 7.31. The van der Waals surface area contributed by atoms with E-state index in [0.29, 0.717) is 18.2 Å². The zero-order valence-corrected chi connectivity index (χ0v) is 16.6. The average Bonchev–Trinajstić information content (AvgIpc) is 3.25. The van der Waals surface area contributed by atoms with Crippen LogP contribution in [-0.2, 0) is 4.79 Å². The van der Waals surface area contributed by atoms with Gasteiger partial charge in [0.1, 0.15) is 0 Å². The largest absolute Gasteiger partial charge is 0.331 e. The van der Waals surface area contributed by atoms with Crippen molar-refractivity contribution in [1.29, 1.82) is 0 Å². The lowest BCUT2D eigenvalue weighted by atomic mass is 9.96. The van der Waals surface area contributed by atoms with Crippen LogP contribution in [0.15, 0.2) is 40.4 Å². The van der Waals surface area contributed by atoms with Gasteiger partial charge in [-0.3, -0.25) is 9.69 Å². The number of urea groups is 1. The van der Waals surface area contributed by atoms with Gasteiger partial charge in [-0.1, -0.05) is 19.1 Å². The van der Waals surface area contributed by atoms with Crippen LogP contribution in [0.4, 0.5) is 4.79 Å². The Morgan fingerprint density at radius 3 is 2.70 bits per heavy atom. The number of nitrogens with zero attached hydrogens (tertiary/aromatic N) is 2. The van der Waals surface area contributed by atoms with Gasteiger partial charge in [-0.15, -0.1) is 11.8 Å². The molecule has 3 amide bonds. The van der Waals surface area contributed by atoms with Crippen molar-refractivity contribution in [3.05, 3.63) is 41.1 Å². The van der Waals surface area contributed by atoms with E-state index in [1.54, 1.807) is 11.8 Å². The van der Waals surface area contributed by atoms with Gasteiger partial charge in [-0.25, -0.2) is 4.79 Å². The number of carbonyl (C=O) groups excluding carboxylic acids is 2. The van der Waals surface area contributed by atoms with Crippen LogP contribution in [0, 0.1) is 0 Å². The molecule has 1 fully saturated rings. The standard InChI is InChI=1S/C20H26N4O2S/c1-3-23-10-4-5-14(23)11-24-12-16-17(19(24)25)18(22-20(26)21-16)13-6-8-15(27-2)9-7-13/h6-9,14,18H,3-5,10-12H2,1-2H3,(H2,21,22,26). The summed E-state index contributed by atoms with van der Waals surface area (Å²) in [5.41, 5.74) is 2.39. The lowest BCUT2D eigenvalue weighted by Crippen LogP contribution is -2.44. The van der Waals surface area contributed by atoms with Gasteiger partial charge in [-0.2, -0.15) is 0 Å². The maximum absolute atomic E-state index is 13.2. The molecule has 144 valence electrons. The van der Waals surface area contributed by atoms with E-state index in [1.807, 2.05) is 35.4 Å². The molecule has 0 radical (unpaired) electrons. The van der Waals surface area contributed by atoms with E-state index in [9.17, 15) is 9.59 Å². The van der Waals surface area contributed by atoms with Gasteiger partial charge in [0.2, 0.25) is 0 Å². The van der Waals surface area contributed by atoms with E-state index < -0.39 is 0 Å². The minimum absolute atomic E-state index is 0.0411. The summed E-state index contributed by atoms with van der Waals surface area (Å²) in [6, 6.07) is 7.86. The van der Waals surface area contributed by atoms with Crippen LogP contribution < -0.4 is 10.6 Å². The zero-order valence-electron chi connectivity index (χ0n) is 15.8. The quantitative estimate of drug-likeness (QED) is 0.763. The number of carbonyl (C=O) groups is 2. The summed E-state index contributed by atoms with van der Waals surface area (Å²) >= 11 is 1.67. The van der Waals surface area contributed by atoms with E-state index in [2.05, 4.69) is 22.5 Å². The van der Waals surface area contributed by atoms with Crippen molar-refractivity contribution in [2.45, 2.75) is 36.7 Å². The third-order valence-corrected chi connectivity index (χ3v) is 6.55. The molecule has 2 atom stereocenters. The first-order chi connectivity index (χ1) is 13.1. The van der Waals surface area contributed by atoms with Crippen LogP contribution in [0.2, 0.25) is 0 Å². The molecule has 7 heteroatoms. The fraction of sp³-hybridized carbons (Fsp3) is 0.500. The minimum Gasteiger partial charge on any atom is -0.331 e. The molecule has 1 aromatic rings. The lowest BCUT2D eigenvalue weighted by molar-refractivity contribution is -0.126. The van der Waals surface area contributed by atoms with E-state index in [1.165, 1.54) is 6.42 Å². The van der Waals surface area contributed by atoms with E-state index in [0.717, 1.165) is 42.2 Å². The average molecular weight is 387 g/mol. The van der Waals surface area contributed by atoms with Gasteiger partial charge >= 0.3 is 6.03 Å². The lowest BCUT2D eigenvalue weighted by Gasteiger charge is -2.28. The summed E-state index contributed by atoms with van der Waals surface area (Å²) in [5.74, 6) is 0.0411. The predicted molar refractivity (Wildman–Crippen MR) is 107 cm³/mol. The van der Waals surface area contributed by atoms with E-state index in [-0.39, 0.29) is 18.0 Å². The Hall–Kier alpha value is -1.99. The first-order valence-corrected chi connectivity index (χ1v) is 10.8. The molecule has 0 aromatic heterocycles. The summed E-state index contributed by atoms with van der Waals surface area (Å²) in [4.78, 5) is 30.9. The molecule has 3 aliphatic heterocycles. The normalized spacial score (nSPS) is 25.6. The Labute approximate surface area is 164 Å². The van der Waals surface area contributed by atoms with Crippen LogP contribution in [0.25, 0.3) is 0 Å². The highest BCUT2D eigenvalue weighted by Gasteiger charge is 2.41. The fourth-order valence-corrected chi connectivity index (χ4v) is 4.80. The molecule has 2 N–H and O–H groups in total. The molecule has 27 heavy (non-hydrogen) atoms. The molecule has 0 spiro atoms. The fourth-order valence-electron chi connectivity index (χ4n) is 4.39. The van der Waals surface area contributed by atoms with Gasteiger partial charge in [0.15, 0.2) is 0 Å². The van der Waals surface area contributed by atoms with Crippen molar-refractivity contribution in [1.82, 2.24) is 20.4 Å². The van der Waals surface area contributed by atoms with E-state index in [4.69, 9.17) is 0 Å². The second kappa shape index (κ2) is 7.56. The highest BCUT2D eigenvalue weighted by Crippen LogP contribution is 2.34. The van der Waals surface area contributed by atoms with Crippen molar-refractivity contribution >= 4 is 23.7 Å². The maximum atomic E-state index is 13.2. The van der Waals surface area contributed by atoms with Gasteiger partial charge in [-0.05, 0) is 49.9 Å². The van der Waals surface area contributed by atoms with Crippen molar-refractivity contribution in [2.75, 3.05) is 32.4 Å². The third kappa shape index (κ3) is 3.46. The molecule has 3 aliphatic rings. The summed E-state index contributed by atoms with van der Waals surface area (Å²) in [6.45, 7) is 5.52. The van der Waals surface area contributed by atoms with Crippen LogP contribution >= 0.6 is 11.8 Å². The number of likely N-dealkylation sites (N-methyl/N-ethyl adjacent to an activating group) is 1. The Morgan fingerprint density at radius 2 is 2.00 bits per heavy atom. The third-order valence-electron chi connectivity index (χ3n) is 5.81. The van der Waals surface area contributed by atoms with Crippen molar-refractivity contribution in [3.8, 4) is 0 Å². The molecule has 0 aliphatic carbocycles. The first-order valence-electron chi connectivity index (χ1n) is 9.58. The zero-order chi connectivity index (χ0) is 19.0. The summed E-state index contributed by atoms with van der Waals surface area (Å²) < 4.78 is 0. The topological polar surface area (TPSA) is 64.7 Å². The van der Waals surface area contributed by atoms with Crippen molar-refractivity contribution in [2.24, 2.45) is 0 Å². The Balaban J connectivity index is 1.56.